The number of pyridine rings is 1. The molecule has 0 aliphatic carbocycles. The maximum atomic E-state index is 13.4. The first-order valence-electron chi connectivity index (χ1n) is 11.0. The standard InChI is InChI=1S/C26H26ClN3O2S.CH4.ClH/c1-28(2)21-11-12-29(16-21)22-9-8-20(15-23(22)32-3)30-13-10-18-14-24(33-25(18)26(30)31)17-4-6-19(27)7-5-17;;/h4-10,13-15,21H,11-12,16H2,1-3H3;1H4;1H/t21-;;/m0../s1. The summed E-state index contributed by atoms with van der Waals surface area (Å²) in [7, 11) is 5.94. The summed E-state index contributed by atoms with van der Waals surface area (Å²) in [4.78, 5) is 19.1. The second-order valence-electron chi connectivity index (χ2n) is 8.60. The molecule has 1 aliphatic rings. The van der Waals surface area contributed by atoms with Gasteiger partial charge in [0.05, 0.1) is 18.5 Å². The number of nitrogens with zero attached hydrogens (tertiary/aromatic N) is 3. The molecule has 5 nitrogen and oxygen atoms in total. The van der Waals surface area contributed by atoms with Gasteiger partial charge in [0.15, 0.2) is 0 Å². The van der Waals surface area contributed by atoms with E-state index in [1.807, 2.05) is 48.7 Å². The third-order valence-electron chi connectivity index (χ3n) is 6.38. The maximum absolute atomic E-state index is 13.4. The fourth-order valence-electron chi connectivity index (χ4n) is 4.45. The van der Waals surface area contributed by atoms with Gasteiger partial charge in [-0.2, -0.15) is 0 Å². The Morgan fingerprint density at radius 2 is 1.83 bits per heavy atom. The number of anilines is 1. The molecule has 0 amide bonds. The van der Waals surface area contributed by atoms with Crippen LogP contribution in [0.15, 0.2) is 65.6 Å². The summed E-state index contributed by atoms with van der Waals surface area (Å²) >= 11 is 7.53. The molecular formula is C27H31Cl2N3O2S. The van der Waals surface area contributed by atoms with Crippen molar-refractivity contribution < 1.29 is 4.74 Å². The minimum Gasteiger partial charge on any atom is -0.495 e. The van der Waals surface area contributed by atoms with Crippen LogP contribution < -0.4 is 15.2 Å². The van der Waals surface area contributed by atoms with Crippen LogP contribution in [0.5, 0.6) is 5.75 Å². The van der Waals surface area contributed by atoms with Gasteiger partial charge in [-0.3, -0.25) is 9.36 Å². The van der Waals surface area contributed by atoms with Crippen molar-refractivity contribution in [2.24, 2.45) is 0 Å². The van der Waals surface area contributed by atoms with Crippen LogP contribution in [0.1, 0.15) is 13.8 Å². The summed E-state index contributed by atoms with van der Waals surface area (Å²) in [5.41, 5.74) is 2.90. The van der Waals surface area contributed by atoms with E-state index >= 15 is 0 Å². The van der Waals surface area contributed by atoms with Crippen molar-refractivity contribution in [2.75, 3.05) is 39.2 Å². The number of halogens is 2. The monoisotopic (exact) mass is 531 g/mol. The van der Waals surface area contributed by atoms with Crippen molar-refractivity contribution in [1.82, 2.24) is 9.47 Å². The molecule has 5 rings (SSSR count). The van der Waals surface area contributed by atoms with Crippen molar-refractivity contribution in [1.29, 1.82) is 0 Å². The number of hydrogen-bond acceptors (Lipinski definition) is 5. The van der Waals surface area contributed by atoms with E-state index < -0.39 is 0 Å². The lowest BCUT2D eigenvalue weighted by Crippen LogP contribution is -2.31. The fourth-order valence-corrected chi connectivity index (χ4v) is 5.66. The number of thiophene rings is 1. The Morgan fingerprint density at radius 3 is 2.49 bits per heavy atom. The van der Waals surface area contributed by atoms with Gasteiger partial charge in [0, 0.05) is 46.7 Å². The first-order valence-corrected chi connectivity index (χ1v) is 12.1. The molecule has 186 valence electrons. The minimum absolute atomic E-state index is 0. The quantitative estimate of drug-likeness (QED) is 0.291. The Hall–Kier alpha value is -2.51. The average Bonchev–Trinajstić information content (AvgIpc) is 3.48. The number of methoxy groups -OCH3 is 1. The third kappa shape index (κ3) is 5.21. The zero-order chi connectivity index (χ0) is 23.1. The lowest BCUT2D eigenvalue weighted by Gasteiger charge is -2.24. The Labute approximate surface area is 221 Å². The Kier molecular flexibility index (Phi) is 8.54. The molecule has 2 aromatic heterocycles. The van der Waals surface area contributed by atoms with Crippen molar-refractivity contribution >= 4 is 51.1 Å². The Balaban J connectivity index is 0.00000171. The van der Waals surface area contributed by atoms with E-state index in [2.05, 4.69) is 36.0 Å². The maximum Gasteiger partial charge on any atom is 0.273 e. The first-order chi connectivity index (χ1) is 15.9. The van der Waals surface area contributed by atoms with E-state index in [-0.39, 0.29) is 25.4 Å². The number of benzene rings is 2. The van der Waals surface area contributed by atoms with Gasteiger partial charge in [-0.1, -0.05) is 31.2 Å². The van der Waals surface area contributed by atoms with Crippen LogP contribution >= 0.6 is 35.3 Å². The van der Waals surface area contributed by atoms with Crippen molar-refractivity contribution in [2.45, 2.75) is 19.9 Å². The molecule has 35 heavy (non-hydrogen) atoms. The molecule has 4 aromatic rings. The summed E-state index contributed by atoms with van der Waals surface area (Å²) < 4.78 is 8.17. The van der Waals surface area contributed by atoms with E-state index in [4.69, 9.17) is 16.3 Å². The highest BCUT2D eigenvalue weighted by Crippen LogP contribution is 2.35. The average molecular weight is 533 g/mol. The Bertz CT molecular complexity index is 1370. The number of likely N-dealkylation sites (N-methyl/N-ethyl adjacent to an activating group) is 1. The van der Waals surface area contributed by atoms with Crippen molar-refractivity contribution in [3.05, 3.63) is 76.2 Å². The van der Waals surface area contributed by atoms with Crippen LogP contribution in [-0.4, -0.2) is 49.8 Å². The topological polar surface area (TPSA) is 37.7 Å². The summed E-state index contributed by atoms with van der Waals surface area (Å²) in [6.07, 6.45) is 2.97. The van der Waals surface area contributed by atoms with Crippen LogP contribution in [0.3, 0.4) is 0 Å². The van der Waals surface area contributed by atoms with Gasteiger partial charge in [0.2, 0.25) is 0 Å². The van der Waals surface area contributed by atoms with Gasteiger partial charge in [0.25, 0.3) is 5.56 Å². The number of hydrogen-bond donors (Lipinski definition) is 0. The van der Waals surface area contributed by atoms with E-state index in [0.717, 1.165) is 57.2 Å². The van der Waals surface area contributed by atoms with Gasteiger partial charge in [-0.25, -0.2) is 0 Å². The van der Waals surface area contributed by atoms with Crippen LogP contribution in [-0.2, 0) is 0 Å². The van der Waals surface area contributed by atoms with Crippen LogP contribution in [0.2, 0.25) is 5.02 Å². The largest absolute Gasteiger partial charge is 0.495 e. The molecule has 0 radical (unpaired) electrons. The lowest BCUT2D eigenvalue weighted by atomic mass is 10.2. The second kappa shape index (κ2) is 11.0. The minimum atomic E-state index is -0.0265. The number of aromatic nitrogens is 1. The zero-order valence-electron chi connectivity index (χ0n) is 19.3. The zero-order valence-corrected chi connectivity index (χ0v) is 21.7. The van der Waals surface area contributed by atoms with Crippen molar-refractivity contribution in [3.8, 4) is 21.9 Å². The highest BCUT2D eigenvalue weighted by Gasteiger charge is 2.26. The highest BCUT2D eigenvalue weighted by atomic mass is 35.5. The van der Waals surface area contributed by atoms with Crippen LogP contribution in [0.4, 0.5) is 5.69 Å². The molecule has 0 saturated carbocycles. The molecule has 1 aliphatic heterocycles. The first kappa shape index (κ1) is 27.1. The smallest absolute Gasteiger partial charge is 0.273 e. The summed E-state index contributed by atoms with van der Waals surface area (Å²) in [5, 5.41) is 1.65. The molecule has 1 saturated heterocycles. The summed E-state index contributed by atoms with van der Waals surface area (Å²) in [5.74, 6) is 0.784. The predicted octanol–water partition coefficient (Wildman–Crippen LogP) is 6.58. The van der Waals surface area contributed by atoms with Crippen molar-refractivity contribution in [3.63, 3.8) is 0 Å². The normalized spacial score (nSPS) is 15.2. The van der Waals surface area contributed by atoms with Gasteiger partial charge < -0.3 is 14.5 Å². The summed E-state index contributed by atoms with van der Waals surface area (Å²) in [6, 6.07) is 18.3. The molecule has 0 bridgehead atoms. The van der Waals surface area contributed by atoms with Gasteiger partial charge in [-0.05, 0) is 62.5 Å². The van der Waals surface area contributed by atoms with E-state index in [9.17, 15) is 4.79 Å². The lowest BCUT2D eigenvalue weighted by molar-refractivity contribution is 0.315. The number of ether oxygens (including phenoxy) is 1. The molecular weight excluding hydrogens is 501 g/mol. The predicted molar refractivity (Wildman–Crippen MR) is 153 cm³/mol. The molecule has 0 N–H and O–H groups in total. The van der Waals surface area contributed by atoms with Gasteiger partial charge in [-0.15, -0.1) is 23.7 Å². The van der Waals surface area contributed by atoms with Crippen LogP contribution in [0, 0.1) is 0 Å². The highest BCUT2D eigenvalue weighted by molar-refractivity contribution is 7.22. The molecule has 1 fully saturated rings. The number of rotatable bonds is 5. The molecule has 0 unspecified atom stereocenters. The molecule has 1 atom stereocenters. The van der Waals surface area contributed by atoms with Gasteiger partial charge in [0.1, 0.15) is 10.4 Å². The Morgan fingerprint density at radius 1 is 1.09 bits per heavy atom. The van der Waals surface area contributed by atoms with Gasteiger partial charge >= 0.3 is 0 Å². The molecule has 2 aromatic carbocycles. The fraction of sp³-hybridized carbons (Fsp3) is 0.296. The second-order valence-corrected chi connectivity index (χ2v) is 10.1. The van der Waals surface area contributed by atoms with E-state index in [1.54, 1.807) is 11.7 Å². The summed E-state index contributed by atoms with van der Waals surface area (Å²) in [6.45, 7) is 1.96. The molecule has 3 heterocycles. The van der Waals surface area contributed by atoms with E-state index in [0.29, 0.717) is 11.1 Å². The molecule has 8 heteroatoms. The van der Waals surface area contributed by atoms with E-state index in [1.165, 1.54) is 11.3 Å². The number of fused-ring (bicyclic) bond motifs is 1. The van der Waals surface area contributed by atoms with Crippen LogP contribution in [0.25, 0.3) is 26.2 Å². The SMILES string of the molecule is C.COc1cc(-n2ccc3cc(-c4ccc(Cl)cc4)sc3c2=O)ccc1N1CC[C@H](N(C)C)C1.Cl. The third-order valence-corrected chi connectivity index (χ3v) is 7.82. The molecule has 0 spiro atoms.